The molecule has 8 amide bonds. The lowest BCUT2D eigenvalue weighted by atomic mass is 9.86. The number of ether oxygens (including phenoxy) is 4. The van der Waals surface area contributed by atoms with E-state index in [9.17, 15) is 48.3 Å². The van der Waals surface area contributed by atoms with Crippen LogP contribution in [-0.4, -0.2) is 485 Å². The summed E-state index contributed by atoms with van der Waals surface area (Å²) in [6.45, 7) is 94.5. The Morgan fingerprint density at radius 3 is 1.11 bits per heavy atom. The Labute approximate surface area is 911 Å². The minimum absolute atomic E-state index is 0.0557. The summed E-state index contributed by atoms with van der Waals surface area (Å²) in [5, 5.41) is 47.4. The predicted molar refractivity (Wildman–Crippen MR) is 602 cm³/mol. The van der Waals surface area contributed by atoms with Crippen molar-refractivity contribution < 1.29 is 87.6 Å². The third kappa shape index (κ3) is 59.3. The van der Waals surface area contributed by atoms with Crippen molar-refractivity contribution >= 4 is 53.2 Å². The zero-order valence-corrected chi connectivity index (χ0v) is 100. The maximum absolute atomic E-state index is 12.5. The highest BCUT2D eigenvalue weighted by atomic mass is 16.5. The molecule has 12 fully saturated rings. The zero-order valence-electron chi connectivity index (χ0n) is 100. The summed E-state index contributed by atoms with van der Waals surface area (Å²) in [5.41, 5.74) is 1.39. The molecule has 12 heterocycles. The van der Waals surface area contributed by atoms with Crippen LogP contribution >= 0.6 is 0 Å². The van der Waals surface area contributed by atoms with Gasteiger partial charge < -0.3 is 93.9 Å². The second-order valence-electron chi connectivity index (χ2n) is 54.4. The van der Waals surface area contributed by atoms with Gasteiger partial charge in [0, 0.05) is 296 Å². The number of carbonyl (C=O) groups excluding carboxylic acids is 8. The van der Waals surface area contributed by atoms with E-state index in [4.69, 9.17) is 39.4 Å². The van der Waals surface area contributed by atoms with Gasteiger partial charge in [0.2, 0.25) is 47.3 Å². The number of carboxylic acids is 1. The molecule has 876 valence electrons. The molecule has 12 aliphatic heterocycles. The second-order valence-corrected chi connectivity index (χ2v) is 54.4. The van der Waals surface area contributed by atoms with E-state index < -0.39 is 5.97 Å². The van der Waals surface area contributed by atoms with Crippen molar-refractivity contribution in [3.63, 3.8) is 0 Å². The molecule has 0 aromatic heterocycles. The number of amides is 8. The zero-order chi connectivity index (χ0) is 113. The van der Waals surface area contributed by atoms with Crippen LogP contribution in [0.15, 0.2) is 0 Å². The number of likely N-dealkylation sites (tertiary alicyclic amines) is 3. The maximum Gasteiger partial charge on any atom is 0.303 e. The molecule has 0 spiro atoms. The number of nitrogens with one attached hydrogen (secondary N) is 1. The highest BCUT2D eigenvalue weighted by molar-refractivity contribution is 5.81. The van der Waals surface area contributed by atoms with Crippen LogP contribution in [0.25, 0.3) is 0 Å². The molecule has 0 aliphatic carbocycles. The number of aliphatic hydroxyl groups is 4. The second kappa shape index (κ2) is 67.7. The number of morpholine rings is 2. The number of aliphatic carboxylic acids is 1. The first kappa shape index (κ1) is 137. The van der Waals surface area contributed by atoms with Gasteiger partial charge in [0.1, 0.15) is 0 Å². The number of aliphatic hydroxyl groups excluding tert-OH is 4. The number of carbonyl (C=O) groups is 9. The van der Waals surface area contributed by atoms with Crippen LogP contribution in [0.1, 0.15) is 303 Å². The fraction of sp³-hybridized carbons (Fsp3) is 0.922. The summed E-state index contributed by atoms with van der Waals surface area (Å²) < 4.78 is 21.4. The fourth-order valence-corrected chi connectivity index (χ4v) is 20.7. The molecular weight excluding hydrogens is 1910 g/mol. The minimum Gasteiger partial charge on any atom is -0.481 e. The average molecular weight is 2130 g/mol. The van der Waals surface area contributed by atoms with Gasteiger partial charge in [-0.3, -0.25) is 72.6 Å². The monoisotopic (exact) mass is 2130 g/mol. The fourth-order valence-electron chi connectivity index (χ4n) is 20.7. The highest BCUT2D eigenvalue weighted by Crippen LogP contribution is 2.35. The third-order valence-electron chi connectivity index (χ3n) is 29.3. The summed E-state index contributed by atoms with van der Waals surface area (Å²) in [4.78, 5) is 140. The van der Waals surface area contributed by atoms with Crippen LogP contribution in [-0.2, 0) is 62.1 Å². The van der Waals surface area contributed by atoms with Gasteiger partial charge in [-0.15, -0.1) is 0 Å². The predicted octanol–water partition coefficient (Wildman–Crippen LogP) is 11.3. The lowest BCUT2D eigenvalue weighted by Gasteiger charge is -2.48. The first-order valence-corrected chi connectivity index (χ1v) is 57.9. The van der Waals surface area contributed by atoms with E-state index in [1.54, 1.807) is 0 Å². The van der Waals surface area contributed by atoms with Gasteiger partial charge in [-0.2, -0.15) is 0 Å². The lowest BCUT2D eigenvalue weighted by molar-refractivity contribution is -0.142. The van der Waals surface area contributed by atoms with Crippen LogP contribution in [0, 0.1) is 61.1 Å². The summed E-state index contributed by atoms with van der Waals surface area (Å²) in [7, 11) is 2.10. The van der Waals surface area contributed by atoms with Crippen LogP contribution in [0.3, 0.4) is 0 Å². The number of likely N-dealkylation sites (N-methyl/N-ethyl adjacent to an activating group) is 1. The summed E-state index contributed by atoms with van der Waals surface area (Å²) in [6.07, 6.45) is 15.4. The molecule has 0 unspecified atom stereocenters. The van der Waals surface area contributed by atoms with Crippen LogP contribution < -0.4 is 5.32 Å². The van der Waals surface area contributed by atoms with Gasteiger partial charge in [-0.25, -0.2) is 0 Å². The smallest absolute Gasteiger partial charge is 0.303 e. The Bertz CT molecular complexity index is 3750. The number of piperazine rings is 5. The normalized spacial score (nSPS) is 21.7. The molecule has 0 bridgehead atoms. The first-order chi connectivity index (χ1) is 69.9. The van der Waals surface area contributed by atoms with Gasteiger partial charge in [-0.05, 0) is 134 Å². The topological polar surface area (TPSA) is 352 Å². The Balaban J connectivity index is 0.000000355. The van der Waals surface area contributed by atoms with Gasteiger partial charge in [-0.1, -0.05) is 180 Å². The Kier molecular flexibility index (Phi) is 61.8. The molecule has 12 rings (SSSR count). The van der Waals surface area contributed by atoms with Crippen LogP contribution in [0.5, 0.6) is 0 Å². The van der Waals surface area contributed by atoms with Gasteiger partial charge in [0.25, 0.3) is 0 Å². The van der Waals surface area contributed by atoms with Crippen molar-refractivity contribution in [2.24, 2.45) is 61.1 Å². The van der Waals surface area contributed by atoms with Crippen molar-refractivity contribution in [1.29, 1.82) is 0 Å². The quantitative estimate of drug-likeness (QED) is 0.0416. The molecule has 2 atom stereocenters. The number of nitrogens with zero attached hydrogens (tertiary/aromatic N) is 15. The number of piperidine rings is 3. The van der Waals surface area contributed by atoms with Gasteiger partial charge in [0.15, 0.2) is 0 Å². The van der Waals surface area contributed by atoms with Crippen molar-refractivity contribution in [3.8, 4) is 0 Å². The molecule has 0 saturated carbocycles. The van der Waals surface area contributed by atoms with E-state index in [2.05, 4.69) is 218 Å². The van der Waals surface area contributed by atoms with E-state index in [-0.39, 0.29) is 112 Å². The summed E-state index contributed by atoms with van der Waals surface area (Å²) in [5.74, 6) is 2.52. The molecular formula is C116H224N16O18. The highest BCUT2D eigenvalue weighted by Gasteiger charge is 2.42. The molecule has 34 nitrogen and oxygen atoms in total. The Hall–Kier alpha value is -5.41. The number of β-amino-alcohol motifs (C(OH)–C–C–N with tert-alkyl or cyclic N) is 1. The number of rotatable bonds is 27. The van der Waals surface area contributed by atoms with Gasteiger partial charge in [0.05, 0.1) is 85.1 Å². The standard InChI is InChI=1S/C16H29N3O2.C16H30N2O3.C16H30N2O2.C15H28N2O2.C14H28N2O3.C13H26N2O2.C11H22N2O2.C9H19N.C6H12O2/c1-13(2)12-15(20)18-6-4-14(5-7-18)16(21)19-10-8-17(3)9-11-19;1-16(2,3)10-15(20)17-6-4-13(5-7-17)18-8-9-21-12-14(18)11-19;1-15(2,3)13-14(19)17-7-5-16(4,6-8-17)18-9-11-20-12-10-18;1-14(2,3)9-13(18)17-7-5-16(6-8-17)10-15(4)11-19-12-15;1-14(2,3)12-13(18)16-6-4-15(5-7-16)8-10-19-11-9-17;1-13(2,3)11-12(17)15-8-6-14(7-9-15)5-4-10-16;1-10(2)9-11(15)13-5-3-12(4-6-13)7-8-14;1-9(2,3)7-8-5-4-6-10-8;1-6(2,3)4-5(7)8/h13-14H,4-12H2,1-3H3;13-14,19H,4-12H2,1-3H3;5-13H2,1-4H3;5-12H2,1-4H3;17H,4-12H2,1-3H3;16H,4-11H2,1-3H3;10,14H,3-9H2,1-2H3;8,10H,4-7H2,1-3H3;4H2,1-3H3,(H,7,8)/t;14-;;;;;;8-;/m.1.....1./s1. The van der Waals surface area contributed by atoms with Crippen molar-refractivity contribution in [3.05, 3.63) is 0 Å². The van der Waals surface area contributed by atoms with E-state index >= 15 is 0 Å². The van der Waals surface area contributed by atoms with E-state index in [0.717, 1.165) is 300 Å². The van der Waals surface area contributed by atoms with E-state index in [1.807, 2.05) is 55.1 Å². The number of hydrogen-bond donors (Lipinski definition) is 6. The number of hydrogen-bond acceptors (Lipinski definition) is 25. The van der Waals surface area contributed by atoms with E-state index in [0.29, 0.717) is 111 Å². The largest absolute Gasteiger partial charge is 0.481 e. The van der Waals surface area contributed by atoms with Crippen LogP contribution in [0.2, 0.25) is 0 Å². The Morgan fingerprint density at radius 1 is 0.380 bits per heavy atom. The number of carboxylic acid groups (broad SMARTS) is 1. The summed E-state index contributed by atoms with van der Waals surface area (Å²) in [6, 6.07) is 1.41. The maximum atomic E-state index is 12.5. The van der Waals surface area contributed by atoms with E-state index in [1.165, 1.54) is 25.8 Å². The van der Waals surface area contributed by atoms with Crippen molar-refractivity contribution in [1.82, 2.24) is 78.8 Å². The summed E-state index contributed by atoms with van der Waals surface area (Å²) >= 11 is 0. The molecule has 34 heteroatoms. The minimum atomic E-state index is -0.725. The molecule has 0 radical (unpaired) electrons. The van der Waals surface area contributed by atoms with Crippen LogP contribution in [0.4, 0.5) is 0 Å². The van der Waals surface area contributed by atoms with Crippen molar-refractivity contribution in [2.45, 2.75) is 326 Å². The average Bonchev–Trinajstić information content (AvgIpc) is 1.00. The first-order valence-electron chi connectivity index (χ1n) is 57.9. The third-order valence-corrected chi connectivity index (χ3v) is 29.3. The molecule has 12 saturated heterocycles. The Morgan fingerprint density at radius 2 is 0.753 bits per heavy atom. The van der Waals surface area contributed by atoms with Gasteiger partial charge >= 0.3 is 5.97 Å². The molecule has 150 heavy (non-hydrogen) atoms. The lowest BCUT2D eigenvalue weighted by Crippen LogP contribution is -2.57. The molecule has 0 aromatic rings. The van der Waals surface area contributed by atoms with Crippen molar-refractivity contribution in [2.75, 3.05) is 309 Å². The SMILES string of the molecule is CC(C)(C)CC(=O)N1CCC(C)(N2CCOCC2)CC1.CC(C)(C)CC(=O)N1CCC(N2CCOC[C@H]2CO)CC1.CC(C)(C)CC(=O)N1CCN(CC2(C)COC2)CC1.CC(C)(C)CC(=O)N1CCN(CCCO)CC1.CC(C)(C)CC(=O)N1CCN(CCOCCO)CC1.CC(C)(C)CC(=O)O.CC(C)(C)C[C@H]1CCCN1.CC(C)CC(=O)N1CCC(C(=O)N2CCN(C)CC2)CC1.CC(C)CC(=O)N1CCN(CCO)CC1. The molecule has 12 aliphatic rings. The molecule has 6 N–H and O–H groups in total. The molecule has 0 aromatic carbocycles.